The zero-order chi connectivity index (χ0) is 15.5. The number of rotatable bonds is 0. The van der Waals surface area contributed by atoms with Crippen molar-refractivity contribution >= 4 is 27.6 Å². The fraction of sp³-hybridized carbons (Fsp3) is 0.0435. The lowest BCUT2D eigenvalue weighted by Gasteiger charge is -2.00. The van der Waals surface area contributed by atoms with Gasteiger partial charge in [-0.1, -0.05) is 84.9 Å². The van der Waals surface area contributed by atoms with Crippen molar-refractivity contribution in [2.24, 2.45) is 0 Å². The van der Waals surface area contributed by atoms with Gasteiger partial charge in [-0.2, -0.15) is 0 Å². The quantitative estimate of drug-likeness (QED) is 0.336. The van der Waals surface area contributed by atoms with Crippen molar-refractivity contribution in [1.29, 1.82) is 0 Å². The topological polar surface area (TPSA) is 0 Å². The standard InChI is InChI=1S/C14H10.C9H8/c1-2-6-12-10-14-8-4-3-7-13(14)9-11(12)5-1;1-2-5-9-7-3-6-8(9)4-1/h1-10H;1-6H,7H2. The minimum absolute atomic E-state index is 1.12. The van der Waals surface area contributed by atoms with Gasteiger partial charge in [0.15, 0.2) is 0 Å². The van der Waals surface area contributed by atoms with Crippen molar-refractivity contribution < 1.29 is 0 Å². The lowest BCUT2D eigenvalue weighted by atomic mass is 10.0. The van der Waals surface area contributed by atoms with Crippen LogP contribution in [-0.4, -0.2) is 0 Å². The highest BCUT2D eigenvalue weighted by molar-refractivity contribution is 5.98. The second-order valence-corrected chi connectivity index (χ2v) is 5.85. The Hall–Kier alpha value is -2.86. The van der Waals surface area contributed by atoms with Gasteiger partial charge in [-0.05, 0) is 51.2 Å². The predicted molar refractivity (Wildman–Crippen MR) is 101 cm³/mol. The van der Waals surface area contributed by atoms with E-state index in [1.807, 2.05) is 0 Å². The summed E-state index contributed by atoms with van der Waals surface area (Å²) in [6.07, 6.45) is 5.50. The molecule has 0 nitrogen and oxygen atoms in total. The summed E-state index contributed by atoms with van der Waals surface area (Å²) in [6.45, 7) is 0. The van der Waals surface area contributed by atoms with Gasteiger partial charge in [-0.3, -0.25) is 0 Å². The van der Waals surface area contributed by atoms with Crippen LogP contribution in [0.4, 0.5) is 0 Å². The normalized spacial score (nSPS) is 12.0. The predicted octanol–water partition coefficient (Wildman–Crippen LogP) is 6.25. The molecule has 0 radical (unpaired) electrons. The third-order valence-electron chi connectivity index (χ3n) is 4.30. The van der Waals surface area contributed by atoms with Crippen LogP contribution < -0.4 is 0 Å². The Morgan fingerprint density at radius 3 is 1.52 bits per heavy atom. The molecule has 0 saturated carbocycles. The highest BCUT2D eigenvalue weighted by Crippen LogP contribution is 2.22. The van der Waals surface area contributed by atoms with Gasteiger partial charge in [0, 0.05) is 0 Å². The van der Waals surface area contributed by atoms with E-state index in [-0.39, 0.29) is 0 Å². The highest BCUT2D eigenvalue weighted by atomic mass is 14.0. The van der Waals surface area contributed by atoms with Gasteiger partial charge in [0.2, 0.25) is 0 Å². The highest BCUT2D eigenvalue weighted by Gasteiger charge is 2.00. The van der Waals surface area contributed by atoms with Crippen molar-refractivity contribution in [3.63, 3.8) is 0 Å². The van der Waals surface area contributed by atoms with Crippen LogP contribution in [0.15, 0.2) is 91.0 Å². The fourth-order valence-corrected chi connectivity index (χ4v) is 3.08. The van der Waals surface area contributed by atoms with Crippen LogP contribution in [-0.2, 0) is 6.42 Å². The number of benzene rings is 4. The number of fused-ring (bicyclic) bond motifs is 3. The van der Waals surface area contributed by atoms with E-state index < -0.39 is 0 Å². The van der Waals surface area contributed by atoms with E-state index in [1.165, 1.54) is 32.7 Å². The molecule has 1 aliphatic carbocycles. The van der Waals surface area contributed by atoms with E-state index in [2.05, 4.69) is 97.1 Å². The summed E-state index contributed by atoms with van der Waals surface area (Å²) in [7, 11) is 0. The number of hydrogen-bond acceptors (Lipinski definition) is 0. The maximum atomic E-state index is 2.24. The minimum Gasteiger partial charge on any atom is -0.0795 e. The zero-order valence-corrected chi connectivity index (χ0v) is 12.9. The number of allylic oxidation sites excluding steroid dienone is 1. The molecule has 4 aromatic carbocycles. The molecular weight excluding hydrogens is 276 g/mol. The van der Waals surface area contributed by atoms with Crippen LogP contribution in [0.5, 0.6) is 0 Å². The monoisotopic (exact) mass is 294 g/mol. The third kappa shape index (κ3) is 2.89. The Labute approximate surface area is 136 Å². The Morgan fingerprint density at radius 1 is 0.522 bits per heavy atom. The summed E-state index contributed by atoms with van der Waals surface area (Å²) in [5.41, 5.74) is 2.84. The molecule has 1 aliphatic rings. The molecule has 0 amide bonds. The molecule has 0 saturated heterocycles. The van der Waals surface area contributed by atoms with Gasteiger partial charge >= 0.3 is 0 Å². The molecule has 0 heterocycles. The van der Waals surface area contributed by atoms with E-state index >= 15 is 0 Å². The molecular formula is C23H18. The maximum Gasteiger partial charge on any atom is -0.00882 e. The molecule has 5 rings (SSSR count). The first-order valence-corrected chi connectivity index (χ1v) is 8.02. The molecule has 110 valence electrons. The first kappa shape index (κ1) is 13.8. The first-order chi connectivity index (χ1) is 11.4. The second kappa shape index (κ2) is 6.10. The molecule has 0 aliphatic heterocycles. The van der Waals surface area contributed by atoms with Crippen LogP contribution in [0.2, 0.25) is 0 Å². The molecule has 0 atom stereocenters. The Morgan fingerprint density at radius 2 is 1.00 bits per heavy atom. The van der Waals surface area contributed by atoms with Crippen LogP contribution in [0.1, 0.15) is 11.1 Å². The molecule has 0 N–H and O–H groups in total. The van der Waals surface area contributed by atoms with E-state index in [1.54, 1.807) is 0 Å². The van der Waals surface area contributed by atoms with Crippen LogP contribution >= 0.6 is 0 Å². The average molecular weight is 294 g/mol. The van der Waals surface area contributed by atoms with Crippen LogP contribution in [0.3, 0.4) is 0 Å². The van der Waals surface area contributed by atoms with E-state index in [0.29, 0.717) is 0 Å². The van der Waals surface area contributed by atoms with Gasteiger partial charge in [0.1, 0.15) is 0 Å². The SMILES string of the molecule is C1=Cc2ccccc2C1.c1ccc2cc3ccccc3cc2c1. The summed E-state index contributed by atoms with van der Waals surface area (Å²) in [4.78, 5) is 0. The van der Waals surface area contributed by atoms with E-state index in [9.17, 15) is 0 Å². The van der Waals surface area contributed by atoms with Gasteiger partial charge in [0.25, 0.3) is 0 Å². The second-order valence-electron chi connectivity index (χ2n) is 5.85. The Balaban J connectivity index is 0.000000130. The zero-order valence-electron chi connectivity index (χ0n) is 12.9. The molecule has 0 unspecified atom stereocenters. The van der Waals surface area contributed by atoms with Crippen molar-refractivity contribution in [1.82, 2.24) is 0 Å². The first-order valence-electron chi connectivity index (χ1n) is 8.02. The van der Waals surface area contributed by atoms with Gasteiger partial charge in [-0.15, -0.1) is 0 Å². The minimum atomic E-state index is 1.12. The molecule has 4 aromatic rings. The Kier molecular flexibility index (Phi) is 3.65. The van der Waals surface area contributed by atoms with Gasteiger partial charge in [-0.25, -0.2) is 0 Å². The van der Waals surface area contributed by atoms with Crippen LogP contribution in [0.25, 0.3) is 27.6 Å². The van der Waals surface area contributed by atoms with Crippen molar-refractivity contribution in [2.45, 2.75) is 6.42 Å². The molecule has 0 heteroatoms. The summed E-state index contributed by atoms with van der Waals surface area (Å²) >= 11 is 0. The summed E-state index contributed by atoms with van der Waals surface area (Å²) < 4.78 is 0. The molecule has 0 fully saturated rings. The summed E-state index contributed by atoms with van der Waals surface area (Å²) in [5, 5.41) is 5.25. The smallest absolute Gasteiger partial charge is 0.00882 e. The summed E-state index contributed by atoms with van der Waals surface area (Å²) in [6, 6.07) is 29.9. The lowest BCUT2D eigenvalue weighted by molar-refractivity contribution is 1.31. The lowest BCUT2D eigenvalue weighted by Crippen LogP contribution is -1.76. The maximum absolute atomic E-state index is 2.24. The van der Waals surface area contributed by atoms with Crippen molar-refractivity contribution in [2.75, 3.05) is 0 Å². The third-order valence-corrected chi connectivity index (χ3v) is 4.30. The molecule has 23 heavy (non-hydrogen) atoms. The fourth-order valence-electron chi connectivity index (χ4n) is 3.08. The average Bonchev–Trinajstić information content (AvgIpc) is 3.09. The van der Waals surface area contributed by atoms with Crippen molar-refractivity contribution in [3.05, 3.63) is 102 Å². The molecule has 0 bridgehead atoms. The van der Waals surface area contributed by atoms with Crippen LogP contribution in [0, 0.1) is 0 Å². The van der Waals surface area contributed by atoms with Crippen molar-refractivity contribution in [3.8, 4) is 0 Å². The number of hydrogen-bond donors (Lipinski definition) is 0. The van der Waals surface area contributed by atoms with E-state index in [0.717, 1.165) is 6.42 Å². The van der Waals surface area contributed by atoms with Gasteiger partial charge in [0.05, 0.1) is 0 Å². The molecule has 0 spiro atoms. The van der Waals surface area contributed by atoms with E-state index in [4.69, 9.17) is 0 Å². The molecule has 0 aromatic heterocycles. The van der Waals surface area contributed by atoms with Gasteiger partial charge < -0.3 is 0 Å². The Bertz CT molecular complexity index is 888. The largest absolute Gasteiger partial charge is 0.0795 e. The summed E-state index contributed by atoms with van der Waals surface area (Å²) in [5.74, 6) is 0.